The second-order valence-corrected chi connectivity index (χ2v) is 6.02. The molecule has 0 radical (unpaired) electrons. The van der Waals surface area contributed by atoms with Crippen LogP contribution in [-0.4, -0.2) is 27.7 Å². The van der Waals surface area contributed by atoms with Crippen molar-refractivity contribution in [3.05, 3.63) is 76.9 Å². The summed E-state index contributed by atoms with van der Waals surface area (Å²) in [4.78, 5) is 17.2. The minimum absolute atomic E-state index is 0.161. The molecule has 2 N–H and O–H groups in total. The Kier molecular flexibility index (Phi) is 3.93. The first kappa shape index (κ1) is 15.4. The van der Waals surface area contributed by atoms with Crippen molar-refractivity contribution < 1.29 is 9.53 Å². The third-order valence-electron chi connectivity index (χ3n) is 4.23. The number of aromatic nitrogens is 3. The molecule has 1 amide bonds. The smallest absolute Gasteiger partial charge is 0.252 e. The maximum atomic E-state index is 12.8. The Balaban J connectivity index is 1.63. The van der Waals surface area contributed by atoms with Gasteiger partial charge in [-0.1, -0.05) is 30.3 Å². The van der Waals surface area contributed by atoms with E-state index in [0.717, 1.165) is 23.3 Å². The Morgan fingerprint density at radius 1 is 1.24 bits per heavy atom. The summed E-state index contributed by atoms with van der Waals surface area (Å²) in [5.74, 6) is 1.95. The van der Waals surface area contributed by atoms with Crippen molar-refractivity contribution in [2.75, 3.05) is 6.61 Å². The molecule has 1 aromatic heterocycles. The van der Waals surface area contributed by atoms with Crippen molar-refractivity contribution in [2.24, 2.45) is 0 Å². The van der Waals surface area contributed by atoms with Gasteiger partial charge in [0.15, 0.2) is 5.82 Å². The Morgan fingerprint density at radius 2 is 2.08 bits per heavy atom. The molecule has 0 fully saturated rings. The predicted molar refractivity (Wildman–Crippen MR) is 92.5 cm³/mol. The monoisotopic (exact) mass is 334 g/mol. The van der Waals surface area contributed by atoms with Gasteiger partial charge in [-0.25, -0.2) is 4.98 Å². The fourth-order valence-corrected chi connectivity index (χ4v) is 2.97. The number of amides is 1. The molecule has 126 valence electrons. The summed E-state index contributed by atoms with van der Waals surface area (Å²) in [7, 11) is 0. The fraction of sp³-hybridized carbons (Fsp3) is 0.211. The van der Waals surface area contributed by atoms with Gasteiger partial charge in [-0.15, -0.1) is 0 Å². The second-order valence-electron chi connectivity index (χ2n) is 6.02. The maximum Gasteiger partial charge on any atom is 0.252 e. The molecule has 6 heteroatoms. The topological polar surface area (TPSA) is 79.9 Å². The van der Waals surface area contributed by atoms with Crippen molar-refractivity contribution in [3.8, 4) is 5.75 Å². The molecule has 1 atom stereocenters. The van der Waals surface area contributed by atoms with E-state index >= 15 is 0 Å². The highest BCUT2D eigenvalue weighted by atomic mass is 16.5. The summed E-state index contributed by atoms with van der Waals surface area (Å²) in [6.07, 6.45) is 0.832. The van der Waals surface area contributed by atoms with E-state index in [0.29, 0.717) is 23.8 Å². The molecule has 25 heavy (non-hydrogen) atoms. The number of nitrogens with zero attached hydrogens (tertiary/aromatic N) is 2. The summed E-state index contributed by atoms with van der Waals surface area (Å²) < 4.78 is 5.50. The number of benzene rings is 2. The van der Waals surface area contributed by atoms with E-state index in [9.17, 15) is 4.79 Å². The van der Waals surface area contributed by atoms with Crippen molar-refractivity contribution in [1.29, 1.82) is 0 Å². The van der Waals surface area contributed by atoms with Crippen LogP contribution in [0.25, 0.3) is 0 Å². The summed E-state index contributed by atoms with van der Waals surface area (Å²) in [6.45, 7) is 2.50. The van der Waals surface area contributed by atoms with Crippen LogP contribution in [0.1, 0.15) is 39.2 Å². The molecule has 0 saturated heterocycles. The van der Waals surface area contributed by atoms with E-state index in [1.165, 1.54) is 0 Å². The van der Waals surface area contributed by atoms with E-state index in [2.05, 4.69) is 20.5 Å². The van der Waals surface area contributed by atoms with Gasteiger partial charge >= 0.3 is 0 Å². The molecule has 2 heterocycles. The van der Waals surface area contributed by atoms with Gasteiger partial charge in [0.2, 0.25) is 0 Å². The number of nitrogens with one attached hydrogen (secondary N) is 2. The molecule has 0 bridgehead atoms. The lowest BCUT2D eigenvalue weighted by Gasteiger charge is -2.16. The lowest BCUT2D eigenvalue weighted by Crippen LogP contribution is -2.30. The van der Waals surface area contributed by atoms with Gasteiger partial charge in [-0.3, -0.25) is 9.89 Å². The Hall–Kier alpha value is -3.15. The van der Waals surface area contributed by atoms with Crippen LogP contribution < -0.4 is 10.1 Å². The summed E-state index contributed by atoms with van der Waals surface area (Å²) >= 11 is 0. The average molecular weight is 334 g/mol. The van der Waals surface area contributed by atoms with Crippen molar-refractivity contribution in [2.45, 2.75) is 19.4 Å². The Morgan fingerprint density at radius 3 is 2.84 bits per heavy atom. The van der Waals surface area contributed by atoms with E-state index in [1.54, 1.807) is 6.07 Å². The number of carbonyl (C=O) groups excluding carboxylic acids is 1. The largest absolute Gasteiger partial charge is 0.493 e. The van der Waals surface area contributed by atoms with Crippen LogP contribution >= 0.6 is 0 Å². The molecule has 3 aromatic rings. The number of aryl methyl sites for hydroxylation is 1. The predicted octanol–water partition coefficient (Wildman–Crippen LogP) is 2.57. The van der Waals surface area contributed by atoms with Crippen LogP contribution in [0.5, 0.6) is 5.75 Å². The number of ether oxygens (including phenoxy) is 1. The number of rotatable bonds is 4. The molecule has 4 rings (SSSR count). The molecule has 0 aliphatic carbocycles. The Bertz CT molecular complexity index is 905. The molecular weight excluding hydrogens is 316 g/mol. The third-order valence-corrected chi connectivity index (χ3v) is 4.23. The van der Waals surface area contributed by atoms with Gasteiger partial charge < -0.3 is 10.1 Å². The van der Waals surface area contributed by atoms with Crippen molar-refractivity contribution in [1.82, 2.24) is 20.5 Å². The van der Waals surface area contributed by atoms with E-state index in [-0.39, 0.29) is 5.91 Å². The van der Waals surface area contributed by atoms with Crippen LogP contribution in [0.2, 0.25) is 0 Å². The summed E-state index contributed by atoms with van der Waals surface area (Å²) in [6, 6.07) is 14.8. The van der Waals surface area contributed by atoms with Gasteiger partial charge in [-0.2, -0.15) is 5.10 Å². The Labute approximate surface area is 145 Å². The van der Waals surface area contributed by atoms with E-state index < -0.39 is 6.04 Å². The molecule has 0 unspecified atom stereocenters. The van der Waals surface area contributed by atoms with Crippen LogP contribution in [0.4, 0.5) is 0 Å². The van der Waals surface area contributed by atoms with Gasteiger partial charge in [0.25, 0.3) is 5.91 Å². The lowest BCUT2D eigenvalue weighted by atomic mass is 10.0. The number of hydrogen-bond acceptors (Lipinski definition) is 4. The van der Waals surface area contributed by atoms with Gasteiger partial charge in [0.1, 0.15) is 17.6 Å². The molecule has 2 aromatic carbocycles. The first-order valence-electron chi connectivity index (χ1n) is 8.21. The minimum atomic E-state index is -0.414. The van der Waals surface area contributed by atoms with Crippen molar-refractivity contribution in [3.63, 3.8) is 0 Å². The first-order valence-corrected chi connectivity index (χ1v) is 8.21. The van der Waals surface area contributed by atoms with Gasteiger partial charge in [0, 0.05) is 12.0 Å². The van der Waals surface area contributed by atoms with Crippen molar-refractivity contribution >= 4 is 5.91 Å². The van der Waals surface area contributed by atoms with Crippen LogP contribution in [0.3, 0.4) is 0 Å². The highest BCUT2D eigenvalue weighted by Crippen LogP contribution is 2.26. The number of H-pyrrole nitrogens is 1. The number of hydrogen-bond donors (Lipinski definition) is 2. The summed E-state index contributed by atoms with van der Waals surface area (Å²) in [5.41, 5.74) is 2.61. The summed E-state index contributed by atoms with van der Waals surface area (Å²) in [5, 5.41) is 10.1. The van der Waals surface area contributed by atoms with Gasteiger partial charge in [0.05, 0.1) is 6.61 Å². The first-order chi connectivity index (χ1) is 12.2. The van der Waals surface area contributed by atoms with E-state index in [1.807, 2.05) is 49.4 Å². The average Bonchev–Trinajstić information content (AvgIpc) is 3.28. The zero-order valence-electron chi connectivity index (χ0n) is 13.8. The normalized spacial score (nSPS) is 13.8. The number of carbonyl (C=O) groups is 1. The van der Waals surface area contributed by atoms with Crippen LogP contribution in [-0.2, 0) is 6.42 Å². The molecule has 1 aliphatic heterocycles. The quantitative estimate of drug-likeness (QED) is 0.768. The standard InChI is InChI=1S/C19H18N4O2/c1-12-20-18(23-22-12)17(13-5-3-2-4-6-13)21-19(24)15-7-8-16-14(11-15)9-10-25-16/h2-8,11,17H,9-10H2,1H3,(H,21,24)(H,20,22,23)/t17-/m0/s1. The van der Waals surface area contributed by atoms with Crippen LogP contribution in [0.15, 0.2) is 48.5 Å². The maximum absolute atomic E-state index is 12.8. The second kappa shape index (κ2) is 6.39. The molecular formula is C19H18N4O2. The fourth-order valence-electron chi connectivity index (χ4n) is 2.97. The van der Waals surface area contributed by atoms with Gasteiger partial charge in [-0.05, 0) is 36.2 Å². The third kappa shape index (κ3) is 3.10. The van der Waals surface area contributed by atoms with Crippen LogP contribution in [0, 0.1) is 6.92 Å². The SMILES string of the molecule is Cc1nc([C@@H](NC(=O)c2ccc3c(c2)CCO3)c2ccccc2)n[nH]1. The zero-order chi connectivity index (χ0) is 17.2. The molecule has 6 nitrogen and oxygen atoms in total. The highest BCUT2D eigenvalue weighted by Gasteiger charge is 2.22. The molecule has 0 saturated carbocycles. The zero-order valence-corrected chi connectivity index (χ0v) is 13.8. The minimum Gasteiger partial charge on any atom is -0.493 e. The molecule has 1 aliphatic rings. The molecule has 0 spiro atoms. The van der Waals surface area contributed by atoms with E-state index in [4.69, 9.17) is 4.74 Å². The highest BCUT2D eigenvalue weighted by molar-refractivity contribution is 5.95. The number of aromatic amines is 1. The number of fused-ring (bicyclic) bond motifs is 1. The lowest BCUT2D eigenvalue weighted by molar-refractivity contribution is 0.0941.